The molecular weight excluding hydrogens is 256 g/mol. The molecule has 0 aliphatic heterocycles. The Kier molecular flexibility index (Phi) is 4.39. The van der Waals surface area contributed by atoms with Gasteiger partial charge in [0.25, 0.3) is 0 Å². The van der Waals surface area contributed by atoms with Crippen LogP contribution in [-0.4, -0.2) is 27.6 Å². The van der Waals surface area contributed by atoms with Crippen LogP contribution in [0.15, 0.2) is 34.9 Å². The van der Waals surface area contributed by atoms with Crippen molar-refractivity contribution in [1.29, 1.82) is 0 Å². The van der Waals surface area contributed by atoms with Gasteiger partial charge in [0.05, 0.1) is 0 Å². The van der Waals surface area contributed by atoms with Gasteiger partial charge in [0.15, 0.2) is 5.78 Å². The summed E-state index contributed by atoms with van der Waals surface area (Å²) < 4.78 is 0. The summed E-state index contributed by atoms with van der Waals surface area (Å²) >= 11 is 0. The lowest BCUT2D eigenvalue weighted by Gasteiger charge is -2.45. The molecule has 0 radical (unpaired) electrons. The quantitative estimate of drug-likeness (QED) is 0.614. The maximum absolute atomic E-state index is 11.9. The van der Waals surface area contributed by atoms with Crippen LogP contribution >= 0.6 is 0 Å². The maximum Gasteiger partial charge on any atom is 0.328 e. The van der Waals surface area contributed by atoms with Crippen LogP contribution in [0.5, 0.6) is 0 Å². The topological polar surface area (TPSA) is 74.6 Å². The third-order valence-electron chi connectivity index (χ3n) is 4.13. The zero-order chi connectivity index (χ0) is 15.7. The number of aliphatic carboxylic acids is 1. The van der Waals surface area contributed by atoms with E-state index in [4.69, 9.17) is 5.11 Å². The summed E-state index contributed by atoms with van der Waals surface area (Å²) in [6.07, 6.45) is 4.51. The molecule has 1 rings (SSSR count). The first-order valence-electron chi connectivity index (χ1n) is 6.55. The number of rotatable bonds is 3. The molecule has 1 atom stereocenters. The van der Waals surface area contributed by atoms with Gasteiger partial charge in [-0.2, -0.15) is 0 Å². The predicted molar refractivity (Wildman–Crippen MR) is 77.3 cm³/mol. The first-order chi connectivity index (χ1) is 9.01. The van der Waals surface area contributed by atoms with Gasteiger partial charge in [0, 0.05) is 17.9 Å². The average Bonchev–Trinajstić information content (AvgIpc) is 2.30. The molecule has 1 unspecified atom stereocenters. The van der Waals surface area contributed by atoms with Crippen molar-refractivity contribution in [3.05, 3.63) is 34.9 Å². The van der Waals surface area contributed by atoms with Crippen LogP contribution in [0.1, 0.15) is 41.0 Å². The molecule has 0 bridgehead atoms. The van der Waals surface area contributed by atoms with Crippen molar-refractivity contribution in [2.24, 2.45) is 5.41 Å². The minimum atomic E-state index is -1.25. The van der Waals surface area contributed by atoms with E-state index in [1.165, 1.54) is 0 Å². The lowest BCUT2D eigenvalue weighted by Crippen LogP contribution is -2.49. The van der Waals surface area contributed by atoms with Crippen LogP contribution in [0.2, 0.25) is 0 Å². The smallest absolute Gasteiger partial charge is 0.328 e. The van der Waals surface area contributed by atoms with Crippen LogP contribution in [0.4, 0.5) is 0 Å². The first kappa shape index (κ1) is 16.4. The molecule has 0 amide bonds. The molecule has 0 aromatic rings. The van der Waals surface area contributed by atoms with Gasteiger partial charge in [-0.1, -0.05) is 19.9 Å². The van der Waals surface area contributed by atoms with Crippen LogP contribution < -0.4 is 0 Å². The summed E-state index contributed by atoms with van der Waals surface area (Å²) in [5.74, 6) is -0.982. The van der Waals surface area contributed by atoms with Crippen LogP contribution in [0.3, 0.4) is 0 Å². The van der Waals surface area contributed by atoms with Gasteiger partial charge in [0.2, 0.25) is 0 Å². The highest BCUT2D eigenvalue weighted by atomic mass is 16.4. The Bertz CT molecular complexity index is 535. The van der Waals surface area contributed by atoms with E-state index >= 15 is 0 Å². The Hall–Kier alpha value is -1.68. The minimum absolute atomic E-state index is 0.0448. The first-order valence-corrected chi connectivity index (χ1v) is 6.55. The van der Waals surface area contributed by atoms with E-state index in [1.54, 1.807) is 32.9 Å². The number of carbonyl (C=O) groups excluding carboxylic acids is 1. The Balaban J connectivity index is 3.28. The highest BCUT2D eigenvalue weighted by molar-refractivity contribution is 5.97. The van der Waals surface area contributed by atoms with Gasteiger partial charge in [-0.25, -0.2) is 4.79 Å². The van der Waals surface area contributed by atoms with Gasteiger partial charge in [-0.15, -0.1) is 0 Å². The fourth-order valence-corrected chi connectivity index (χ4v) is 2.52. The zero-order valence-corrected chi connectivity index (χ0v) is 12.7. The Labute approximate surface area is 119 Å². The Morgan fingerprint density at radius 2 is 1.85 bits per heavy atom. The number of carbonyl (C=O) groups is 2. The summed E-state index contributed by atoms with van der Waals surface area (Å²) in [5, 5.41) is 19.7. The molecule has 0 spiro atoms. The molecule has 0 aromatic heterocycles. The van der Waals surface area contributed by atoms with E-state index in [9.17, 15) is 14.7 Å². The fourth-order valence-electron chi connectivity index (χ4n) is 2.52. The monoisotopic (exact) mass is 278 g/mol. The second-order valence-electron chi connectivity index (χ2n) is 6.06. The second kappa shape index (κ2) is 5.37. The normalized spacial score (nSPS) is 27.3. The maximum atomic E-state index is 11.9. The van der Waals surface area contributed by atoms with Gasteiger partial charge >= 0.3 is 5.97 Å². The Morgan fingerprint density at radius 1 is 1.30 bits per heavy atom. The largest absolute Gasteiger partial charge is 0.478 e. The number of Topliss-reactive ketones (excluding diaryl/α,β-unsaturated/α-hetero) is 1. The van der Waals surface area contributed by atoms with E-state index in [1.807, 2.05) is 13.8 Å². The molecule has 0 heterocycles. The molecule has 2 N–H and O–H groups in total. The van der Waals surface area contributed by atoms with Gasteiger partial charge in [0.1, 0.15) is 5.60 Å². The van der Waals surface area contributed by atoms with Crippen molar-refractivity contribution >= 4 is 11.8 Å². The van der Waals surface area contributed by atoms with Gasteiger partial charge < -0.3 is 10.2 Å². The fraction of sp³-hybridized carbons (Fsp3) is 0.500. The van der Waals surface area contributed by atoms with Gasteiger partial charge in [-0.05, 0) is 43.6 Å². The van der Waals surface area contributed by atoms with E-state index < -0.39 is 17.0 Å². The summed E-state index contributed by atoms with van der Waals surface area (Å²) in [7, 11) is 0. The highest BCUT2D eigenvalue weighted by Crippen LogP contribution is 2.46. The van der Waals surface area contributed by atoms with Gasteiger partial charge in [-0.3, -0.25) is 4.79 Å². The van der Waals surface area contributed by atoms with E-state index in [0.717, 1.165) is 6.08 Å². The minimum Gasteiger partial charge on any atom is -0.478 e. The third kappa shape index (κ3) is 2.90. The molecule has 0 fully saturated rings. The standard InChI is InChI=1S/C16H22O4/c1-10(8-14(18)19)6-7-16(20)12(3)11(2)13(17)9-15(16,4)5/h6-8,20H,9H2,1-5H3,(H,18,19). The van der Waals surface area contributed by atoms with E-state index in [-0.39, 0.29) is 12.2 Å². The van der Waals surface area contributed by atoms with Crippen LogP contribution in [0, 0.1) is 5.41 Å². The van der Waals surface area contributed by atoms with Crippen molar-refractivity contribution in [1.82, 2.24) is 0 Å². The predicted octanol–water partition coefficient (Wildman–Crippen LogP) is 2.64. The molecule has 20 heavy (non-hydrogen) atoms. The van der Waals surface area contributed by atoms with Crippen molar-refractivity contribution in [3.8, 4) is 0 Å². The summed E-state index contributed by atoms with van der Waals surface area (Å²) in [4.78, 5) is 22.5. The molecule has 0 saturated heterocycles. The van der Waals surface area contributed by atoms with E-state index in [2.05, 4.69) is 0 Å². The van der Waals surface area contributed by atoms with E-state index in [0.29, 0.717) is 16.7 Å². The third-order valence-corrected chi connectivity index (χ3v) is 4.13. The molecule has 4 nitrogen and oxygen atoms in total. The number of aliphatic hydroxyl groups is 1. The number of carboxylic acid groups (broad SMARTS) is 1. The Morgan fingerprint density at radius 3 is 2.35 bits per heavy atom. The van der Waals surface area contributed by atoms with Crippen molar-refractivity contribution in [2.75, 3.05) is 0 Å². The molecule has 1 aliphatic carbocycles. The summed E-state index contributed by atoms with van der Waals surface area (Å²) in [5.41, 5.74) is -0.148. The molecule has 0 aromatic carbocycles. The van der Waals surface area contributed by atoms with Crippen molar-refractivity contribution in [2.45, 2.75) is 46.6 Å². The SMILES string of the molecule is CC(C=CC1(O)C(C)=C(C)C(=O)CC1(C)C)=CC(=O)O. The highest BCUT2D eigenvalue weighted by Gasteiger charge is 2.48. The molecular formula is C16H22O4. The molecule has 0 saturated carbocycles. The lowest BCUT2D eigenvalue weighted by molar-refractivity contribution is -0.131. The average molecular weight is 278 g/mol. The second-order valence-corrected chi connectivity index (χ2v) is 6.06. The molecule has 4 heteroatoms. The number of hydrogen-bond acceptors (Lipinski definition) is 3. The van der Waals surface area contributed by atoms with Crippen molar-refractivity contribution < 1.29 is 19.8 Å². The summed E-state index contributed by atoms with van der Waals surface area (Å²) in [6, 6.07) is 0. The van der Waals surface area contributed by atoms with Crippen LogP contribution in [-0.2, 0) is 9.59 Å². The summed E-state index contributed by atoms with van der Waals surface area (Å²) in [6.45, 7) is 8.78. The van der Waals surface area contributed by atoms with Crippen molar-refractivity contribution in [3.63, 3.8) is 0 Å². The molecule has 1 aliphatic rings. The molecule has 110 valence electrons. The number of allylic oxidation sites excluding steroid dienone is 3. The lowest BCUT2D eigenvalue weighted by atomic mass is 9.62. The number of hydrogen-bond donors (Lipinski definition) is 2. The van der Waals surface area contributed by atoms with Crippen LogP contribution in [0.25, 0.3) is 0 Å². The number of ketones is 1. The zero-order valence-electron chi connectivity index (χ0n) is 12.7. The number of carboxylic acids is 1.